The van der Waals surface area contributed by atoms with E-state index in [0.29, 0.717) is 6.54 Å². The zero-order chi connectivity index (χ0) is 17.3. The van der Waals surface area contributed by atoms with E-state index >= 15 is 0 Å². The average Bonchev–Trinajstić information content (AvgIpc) is 3.14. The van der Waals surface area contributed by atoms with Gasteiger partial charge in [-0.25, -0.2) is 4.68 Å². The number of hydrogen-bond donors (Lipinski definition) is 0. The molecule has 0 N–H and O–H groups in total. The molecule has 0 unspecified atom stereocenters. The summed E-state index contributed by atoms with van der Waals surface area (Å²) in [6, 6.07) is 10.1. The molecule has 1 fully saturated rings. The lowest BCUT2D eigenvalue weighted by molar-refractivity contribution is -0.140. The third kappa shape index (κ3) is 2.97. The predicted molar refractivity (Wildman–Crippen MR) is 96.1 cm³/mol. The molecular weight excluding hydrogens is 298 g/mol. The van der Waals surface area contributed by atoms with E-state index in [4.69, 9.17) is 0 Å². The molecule has 0 radical (unpaired) electrons. The summed E-state index contributed by atoms with van der Waals surface area (Å²) in [7, 11) is 1.92. The summed E-state index contributed by atoms with van der Waals surface area (Å²) in [5, 5.41) is 4.69. The Kier molecular flexibility index (Phi) is 4.48. The molecule has 1 aliphatic rings. The van der Waals surface area contributed by atoms with E-state index in [2.05, 4.69) is 31.1 Å². The van der Waals surface area contributed by atoms with Gasteiger partial charge in [0, 0.05) is 30.3 Å². The molecule has 128 valence electrons. The maximum atomic E-state index is 12.9. The molecule has 4 heteroatoms. The Morgan fingerprint density at radius 3 is 2.46 bits per heavy atom. The standard InChI is InChI=1S/C20H27N3O/c1-15-18(14-22(4)19(24)20(3)12-8-9-13-20)16(2)23(21-15)17-10-6-5-7-11-17/h5-7,10-11H,8-9,12-14H2,1-4H3. The van der Waals surface area contributed by atoms with Crippen LogP contribution in [0.25, 0.3) is 5.69 Å². The van der Waals surface area contributed by atoms with E-state index in [1.54, 1.807) is 0 Å². The highest BCUT2D eigenvalue weighted by molar-refractivity contribution is 5.82. The number of para-hydroxylation sites is 1. The summed E-state index contributed by atoms with van der Waals surface area (Å²) >= 11 is 0. The molecule has 1 heterocycles. The average molecular weight is 325 g/mol. The van der Waals surface area contributed by atoms with Crippen molar-refractivity contribution in [2.24, 2.45) is 5.41 Å². The Morgan fingerprint density at radius 1 is 1.21 bits per heavy atom. The van der Waals surface area contributed by atoms with Crippen molar-refractivity contribution in [2.45, 2.75) is 53.0 Å². The summed E-state index contributed by atoms with van der Waals surface area (Å²) in [6.45, 7) is 6.85. The van der Waals surface area contributed by atoms with Gasteiger partial charge in [0.1, 0.15) is 0 Å². The number of carbonyl (C=O) groups excluding carboxylic acids is 1. The van der Waals surface area contributed by atoms with Crippen molar-refractivity contribution in [2.75, 3.05) is 7.05 Å². The molecule has 1 aromatic heterocycles. The predicted octanol–water partition coefficient (Wildman–Crippen LogP) is 4.03. The van der Waals surface area contributed by atoms with Crippen LogP contribution in [0.3, 0.4) is 0 Å². The second-order valence-corrected chi connectivity index (χ2v) is 7.33. The Balaban J connectivity index is 1.83. The quantitative estimate of drug-likeness (QED) is 0.851. The van der Waals surface area contributed by atoms with Crippen LogP contribution >= 0.6 is 0 Å². The van der Waals surface area contributed by atoms with Crippen LogP contribution in [-0.2, 0) is 11.3 Å². The normalized spacial score (nSPS) is 16.3. The number of aryl methyl sites for hydroxylation is 1. The van der Waals surface area contributed by atoms with Gasteiger partial charge in [-0.3, -0.25) is 4.79 Å². The zero-order valence-corrected chi connectivity index (χ0v) is 15.2. The van der Waals surface area contributed by atoms with Crippen LogP contribution in [0.2, 0.25) is 0 Å². The lowest BCUT2D eigenvalue weighted by atomic mass is 9.87. The fourth-order valence-electron chi connectivity index (χ4n) is 3.86. The van der Waals surface area contributed by atoms with Crippen molar-refractivity contribution in [3.05, 3.63) is 47.3 Å². The van der Waals surface area contributed by atoms with Crippen molar-refractivity contribution in [1.29, 1.82) is 0 Å². The van der Waals surface area contributed by atoms with E-state index < -0.39 is 0 Å². The van der Waals surface area contributed by atoms with Gasteiger partial charge in [0.2, 0.25) is 5.91 Å². The van der Waals surface area contributed by atoms with Crippen LogP contribution in [0.5, 0.6) is 0 Å². The fourth-order valence-corrected chi connectivity index (χ4v) is 3.86. The number of hydrogen-bond acceptors (Lipinski definition) is 2. The third-order valence-electron chi connectivity index (χ3n) is 5.41. The van der Waals surface area contributed by atoms with E-state index in [0.717, 1.165) is 35.5 Å². The SMILES string of the molecule is Cc1nn(-c2ccccc2)c(C)c1CN(C)C(=O)C1(C)CCCC1. The molecule has 4 nitrogen and oxygen atoms in total. The van der Waals surface area contributed by atoms with Gasteiger partial charge in [-0.2, -0.15) is 5.10 Å². The van der Waals surface area contributed by atoms with E-state index in [1.165, 1.54) is 12.8 Å². The summed E-state index contributed by atoms with van der Waals surface area (Å²) in [6.07, 6.45) is 4.36. The van der Waals surface area contributed by atoms with Crippen LogP contribution in [0, 0.1) is 19.3 Å². The molecule has 24 heavy (non-hydrogen) atoms. The van der Waals surface area contributed by atoms with E-state index in [-0.39, 0.29) is 11.3 Å². The summed E-state index contributed by atoms with van der Waals surface area (Å²) in [5.41, 5.74) is 4.13. The van der Waals surface area contributed by atoms with Gasteiger partial charge in [-0.05, 0) is 38.8 Å². The fraction of sp³-hybridized carbons (Fsp3) is 0.500. The van der Waals surface area contributed by atoms with Crippen LogP contribution in [0.1, 0.15) is 49.6 Å². The number of carbonyl (C=O) groups is 1. The number of aromatic nitrogens is 2. The van der Waals surface area contributed by atoms with Gasteiger partial charge in [-0.1, -0.05) is 38.0 Å². The molecule has 1 saturated carbocycles. The number of amides is 1. The maximum Gasteiger partial charge on any atom is 0.228 e. The lowest BCUT2D eigenvalue weighted by Gasteiger charge is -2.29. The zero-order valence-electron chi connectivity index (χ0n) is 15.2. The van der Waals surface area contributed by atoms with Crippen LogP contribution < -0.4 is 0 Å². The van der Waals surface area contributed by atoms with Crippen LogP contribution in [-0.4, -0.2) is 27.6 Å². The first-order chi connectivity index (χ1) is 11.4. The van der Waals surface area contributed by atoms with Gasteiger partial charge in [-0.15, -0.1) is 0 Å². The Hall–Kier alpha value is -2.10. The van der Waals surface area contributed by atoms with Gasteiger partial charge >= 0.3 is 0 Å². The van der Waals surface area contributed by atoms with Crippen molar-refractivity contribution in [3.8, 4) is 5.69 Å². The van der Waals surface area contributed by atoms with Gasteiger partial charge in [0.15, 0.2) is 0 Å². The number of rotatable bonds is 4. The molecule has 1 aromatic carbocycles. The van der Waals surface area contributed by atoms with Crippen molar-refractivity contribution in [1.82, 2.24) is 14.7 Å². The van der Waals surface area contributed by atoms with Gasteiger partial charge in [0.25, 0.3) is 0 Å². The smallest absolute Gasteiger partial charge is 0.228 e. The highest BCUT2D eigenvalue weighted by atomic mass is 16.2. The highest BCUT2D eigenvalue weighted by Gasteiger charge is 2.38. The van der Waals surface area contributed by atoms with Crippen molar-refractivity contribution in [3.63, 3.8) is 0 Å². The first kappa shape index (κ1) is 16.7. The van der Waals surface area contributed by atoms with Crippen molar-refractivity contribution < 1.29 is 4.79 Å². The minimum Gasteiger partial charge on any atom is -0.341 e. The monoisotopic (exact) mass is 325 g/mol. The second-order valence-electron chi connectivity index (χ2n) is 7.33. The van der Waals surface area contributed by atoms with Gasteiger partial charge in [0.05, 0.1) is 11.4 Å². The Bertz CT molecular complexity index is 727. The summed E-state index contributed by atoms with van der Waals surface area (Å²) in [5.74, 6) is 0.270. The molecule has 1 aliphatic carbocycles. The summed E-state index contributed by atoms with van der Waals surface area (Å²) in [4.78, 5) is 14.8. The Morgan fingerprint density at radius 2 is 1.83 bits per heavy atom. The van der Waals surface area contributed by atoms with Crippen molar-refractivity contribution >= 4 is 5.91 Å². The highest BCUT2D eigenvalue weighted by Crippen LogP contribution is 2.39. The summed E-state index contributed by atoms with van der Waals surface area (Å²) < 4.78 is 1.97. The molecule has 2 aromatic rings. The first-order valence-electron chi connectivity index (χ1n) is 8.78. The molecule has 0 spiro atoms. The molecule has 1 amide bonds. The minimum absolute atomic E-state index is 0.175. The van der Waals surface area contributed by atoms with E-state index in [1.807, 2.05) is 41.8 Å². The van der Waals surface area contributed by atoms with E-state index in [9.17, 15) is 4.79 Å². The van der Waals surface area contributed by atoms with Crippen LogP contribution in [0.15, 0.2) is 30.3 Å². The van der Waals surface area contributed by atoms with Gasteiger partial charge < -0.3 is 4.90 Å². The molecule has 3 rings (SSSR count). The molecule has 0 bridgehead atoms. The third-order valence-corrected chi connectivity index (χ3v) is 5.41. The molecule has 0 atom stereocenters. The molecular formula is C20H27N3O. The first-order valence-corrected chi connectivity index (χ1v) is 8.78. The topological polar surface area (TPSA) is 38.1 Å². The number of benzene rings is 1. The maximum absolute atomic E-state index is 12.9. The Labute approximate surface area is 144 Å². The minimum atomic E-state index is -0.175. The largest absolute Gasteiger partial charge is 0.341 e. The lowest BCUT2D eigenvalue weighted by Crippen LogP contribution is -2.38. The number of nitrogens with zero attached hydrogens (tertiary/aromatic N) is 3. The molecule has 0 saturated heterocycles. The molecule has 0 aliphatic heterocycles. The van der Waals surface area contributed by atoms with Crippen LogP contribution in [0.4, 0.5) is 0 Å². The second kappa shape index (κ2) is 6.42.